The van der Waals surface area contributed by atoms with Crippen molar-refractivity contribution in [2.24, 2.45) is 0 Å². The van der Waals surface area contributed by atoms with Gasteiger partial charge in [-0.15, -0.1) is 0 Å². The molecule has 1 heterocycles. The first-order valence-corrected chi connectivity index (χ1v) is 7.65. The smallest absolute Gasteiger partial charge is 0.0605 e. The van der Waals surface area contributed by atoms with Gasteiger partial charge in [-0.2, -0.15) is 11.8 Å². The number of anilines is 2. The van der Waals surface area contributed by atoms with E-state index in [0.717, 1.165) is 6.54 Å². The minimum absolute atomic E-state index is 0.594. The first kappa shape index (κ1) is 12.6. The van der Waals surface area contributed by atoms with Crippen LogP contribution in [0.3, 0.4) is 0 Å². The van der Waals surface area contributed by atoms with Gasteiger partial charge in [0.15, 0.2) is 0 Å². The van der Waals surface area contributed by atoms with Crippen LogP contribution in [0.2, 0.25) is 0 Å². The third kappa shape index (κ3) is 3.09. The highest BCUT2D eigenvalue weighted by Crippen LogP contribution is 2.31. The molecule has 1 N–H and O–H groups in total. The normalized spacial score (nSPS) is 18.7. The van der Waals surface area contributed by atoms with Gasteiger partial charge in [0.05, 0.1) is 11.4 Å². The molecule has 0 saturated carbocycles. The summed E-state index contributed by atoms with van der Waals surface area (Å²) in [6.07, 6.45) is 1.27. The second kappa shape index (κ2) is 6.20. The Labute approximate surface area is 109 Å². The van der Waals surface area contributed by atoms with Gasteiger partial charge >= 0.3 is 0 Å². The van der Waals surface area contributed by atoms with Gasteiger partial charge in [-0.1, -0.05) is 19.1 Å². The fourth-order valence-corrected chi connectivity index (χ4v) is 2.92. The molecule has 1 aliphatic heterocycles. The van der Waals surface area contributed by atoms with Gasteiger partial charge in [-0.05, 0) is 37.0 Å². The van der Waals surface area contributed by atoms with E-state index in [1.54, 1.807) is 0 Å². The molecule has 0 saturated heterocycles. The van der Waals surface area contributed by atoms with Crippen molar-refractivity contribution >= 4 is 23.1 Å². The molecule has 0 fully saturated rings. The molecule has 0 aliphatic carbocycles. The number of nitrogens with one attached hydrogen (secondary N) is 1. The van der Waals surface area contributed by atoms with E-state index < -0.39 is 0 Å². The van der Waals surface area contributed by atoms with Crippen molar-refractivity contribution in [1.82, 2.24) is 0 Å². The van der Waals surface area contributed by atoms with Crippen LogP contribution in [0.15, 0.2) is 24.3 Å². The Bertz CT molecular complexity index is 354. The van der Waals surface area contributed by atoms with Gasteiger partial charge in [0.1, 0.15) is 0 Å². The molecule has 1 atom stereocenters. The number of nitrogens with zero attached hydrogens (tertiary/aromatic N) is 1. The van der Waals surface area contributed by atoms with Gasteiger partial charge in [-0.3, -0.25) is 0 Å². The SMILES string of the molecule is CCSCCCN1c2ccccc2NCC1C. The van der Waals surface area contributed by atoms with E-state index in [9.17, 15) is 0 Å². The second-order valence-corrected chi connectivity index (χ2v) is 5.88. The van der Waals surface area contributed by atoms with Crippen LogP contribution in [0.5, 0.6) is 0 Å². The fraction of sp³-hybridized carbons (Fsp3) is 0.571. The Kier molecular flexibility index (Phi) is 4.60. The topological polar surface area (TPSA) is 15.3 Å². The van der Waals surface area contributed by atoms with Gasteiger partial charge in [0.25, 0.3) is 0 Å². The Morgan fingerprint density at radius 2 is 2.24 bits per heavy atom. The summed E-state index contributed by atoms with van der Waals surface area (Å²) in [7, 11) is 0. The molecule has 17 heavy (non-hydrogen) atoms. The van der Waals surface area contributed by atoms with E-state index in [0.29, 0.717) is 6.04 Å². The van der Waals surface area contributed by atoms with Crippen molar-refractivity contribution < 1.29 is 0 Å². The van der Waals surface area contributed by atoms with Gasteiger partial charge < -0.3 is 10.2 Å². The molecule has 0 radical (unpaired) electrons. The zero-order valence-electron chi connectivity index (χ0n) is 10.8. The molecule has 1 aromatic rings. The van der Waals surface area contributed by atoms with Crippen molar-refractivity contribution in [2.45, 2.75) is 26.3 Å². The zero-order valence-corrected chi connectivity index (χ0v) is 11.6. The average molecular weight is 250 g/mol. The molecule has 0 spiro atoms. The zero-order chi connectivity index (χ0) is 12.1. The highest BCUT2D eigenvalue weighted by molar-refractivity contribution is 7.99. The number of para-hydroxylation sites is 2. The van der Waals surface area contributed by atoms with E-state index in [4.69, 9.17) is 0 Å². The van der Waals surface area contributed by atoms with Crippen LogP contribution in [0.4, 0.5) is 11.4 Å². The summed E-state index contributed by atoms with van der Waals surface area (Å²) in [4.78, 5) is 2.54. The monoisotopic (exact) mass is 250 g/mol. The van der Waals surface area contributed by atoms with Crippen molar-refractivity contribution in [3.05, 3.63) is 24.3 Å². The minimum atomic E-state index is 0.594. The number of rotatable bonds is 5. The molecular formula is C14H22N2S. The molecule has 94 valence electrons. The maximum Gasteiger partial charge on any atom is 0.0605 e. The number of benzene rings is 1. The van der Waals surface area contributed by atoms with E-state index in [2.05, 4.69) is 48.3 Å². The average Bonchev–Trinajstić information content (AvgIpc) is 2.37. The third-order valence-corrected chi connectivity index (χ3v) is 4.21. The number of hydrogen-bond acceptors (Lipinski definition) is 3. The van der Waals surface area contributed by atoms with Crippen LogP contribution in [0.1, 0.15) is 20.3 Å². The lowest BCUT2D eigenvalue weighted by Gasteiger charge is -2.37. The molecule has 3 heteroatoms. The number of fused-ring (bicyclic) bond motifs is 1. The van der Waals surface area contributed by atoms with Gasteiger partial charge in [0, 0.05) is 19.1 Å². The Morgan fingerprint density at radius 1 is 1.41 bits per heavy atom. The first-order chi connectivity index (χ1) is 8.33. The Morgan fingerprint density at radius 3 is 3.06 bits per heavy atom. The van der Waals surface area contributed by atoms with Crippen LogP contribution in [-0.2, 0) is 0 Å². The summed E-state index contributed by atoms with van der Waals surface area (Å²) in [6, 6.07) is 9.23. The van der Waals surface area contributed by atoms with Crippen LogP contribution in [0, 0.1) is 0 Å². The van der Waals surface area contributed by atoms with Gasteiger partial charge in [-0.25, -0.2) is 0 Å². The standard InChI is InChI=1S/C14H22N2S/c1-3-17-10-6-9-16-12(2)11-15-13-7-4-5-8-14(13)16/h4-5,7-8,12,15H,3,6,9-11H2,1-2H3. The van der Waals surface area contributed by atoms with Crippen LogP contribution >= 0.6 is 11.8 Å². The lowest BCUT2D eigenvalue weighted by Crippen LogP contribution is -2.42. The molecule has 1 aliphatic rings. The number of hydrogen-bond donors (Lipinski definition) is 1. The third-order valence-electron chi connectivity index (χ3n) is 3.23. The highest BCUT2D eigenvalue weighted by Gasteiger charge is 2.21. The molecule has 2 nitrogen and oxygen atoms in total. The van der Waals surface area contributed by atoms with Crippen LogP contribution in [-0.4, -0.2) is 30.6 Å². The summed E-state index contributed by atoms with van der Waals surface area (Å²) in [6.45, 7) is 6.76. The van der Waals surface area contributed by atoms with E-state index in [1.165, 1.54) is 35.8 Å². The molecule has 0 bridgehead atoms. The van der Waals surface area contributed by atoms with Crippen LogP contribution in [0.25, 0.3) is 0 Å². The maximum atomic E-state index is 3.50. The molecular weight excluding hydrogens is 228 g/mol. The molecule has 1 unspecified atom stereocenters. The summed E-state index contributed by atoms with van der Waals surface area (Å²) < 4.78 is 0. The molecule has 2 rings (SSSR count). The highest BCUT2D eigenvalue weighted by atomic mass is 32.2. The van der Waals surface area contributed by atoms with Crippen molar-refractivity contribution in [2.75, 3.05) is 34.8 Å². The van der Waals surface area contributed by atoms with Crippen molar-refractivity contribution in [1.29, 1.82) is 0 Å². The summed E-state index contributed by atoms with van der Waals surface area (Å²) in [5.74, 6) is 2.50. The largest absolute Gasteiger partial charge is 0.381 e. The summed E-state index contributed by atoms with van der Waals surface area (Å²) >= 11 is 2.04. The first-order valence-electron chi connectivity index (χ1n) is 6.50. The van der Waals surface area contributed by atoms with Gasteiger partial charge in [0.2, 0.25) is 0 Å². The summed E-state index contributed by atoms with van der Waals surface area (Å²) in [5, 5.41) is 3.50. The quantitative estimate of drug-likeness (QED) is 0.806. The predicted octanol–water partition coefficient (Wildman–Crippen LogP) is 3.45. The lowest BCUT2D eigenvalue weighted by molar-refractivity contribution is 0.636. The van der Waals surface area contributed by atoms with E-state index in [-0.39, 0.29) is 0 Å². The minimum Gasteiger partial charge on any atom is -0.381 e. The predicted molar refractivity (Wildman–Crippen MR) is 79.4 cm³/mol. The fourth-order valence-electron chi connectivity index (χ4n) is 2.30. The molecule has 0 amide bonds. The van der Waals surface area contributed by atoms with Crippen molar-refractivity contribution in [3.8, 4) is 0 Å². The maximum absolute atomic E-state index is 3.50. The number of thioether (sulfide) groups is 1. The van der Waals surface area contributed by atoms with E-state index >= 15 is 0 Å². The lowest BCUT2D eigenvalue weighted by atomic mass is 10.1. The Hall–Kier alpha value is -0.830. The molecule has 1 aromatic carbocycles. The van der Waals surface area contributed by atoms with Crippen LogP contribution < -0.4 is 10.2 Å². The Balaban J connectivity index is 2.00. The molecule has 0 aromatic heterocycles. The second-order valence-electron chi connectivity index (χ2n) is 4.49. The van der Waals surface area contributed by atoms with E-state index in [1.807, 2.05) is 11.8 Å². The van der Waals surface area contributed by atoms with Crippen molar-refractivity contribution in [3.63, 3.8) is 0 Å². The summed E-state index contributed by atoms with van der Waals surface area (Å²) in [5.41, 5.74) is 2.65.